The van der Waals surface area contributed by atoms with E-state index < -0.39 is 40.3 Å². The molecular weight excluding hydrogens is 404 g/mol. The van der Waals surface area contributed by atoms with Crippen molar-refractivity contribution in [1.29, 1.82) is 0 Å². The second-order valence-electron chi connectivity index (χ2n) is 6.33. The van der Waals surface area contributed by atoms with E-state index >= 15 is 0 Å². The number of carbonyl (C=O) groups excluding carboxylic acids is 3. The van der Waals surface area contributed by atoms with Crippen LogP contribution in [0.4, 0.5) is 10.6 Å². The van der Waals surface area contributed by atoms with Gasteiger partial charge in [0.25, 0.3) is 16.7 Å². The average Bonchev–Trinajstić information content (AvgIpc) is 3.25. The fourth-order valence-electron chi connectivity index (χ4n) is 2.89. The van der Waals surface area contributed by atoms with Crippen molar-refractivity contribution < 1.29 is 14.4 Å². The summed E-state index contributed by atoms with van der Waals surface area (Å²) in [5.41, 5.74) is 3.90. The summed E-state index contributed by atoms with van der Waals surface area (Å²) in [5, 5.41) is 1.23. The van der Waals surface area contributed by atoms with Crippen molar-refractivity contribution in [1.82, 2.24) is 14.5 Å². The van der Waals surface area contributed by atoms with Crippen molar-refractivity contribution in [2.45, 2.75) is 18.9 Å². The molecule has 2 amide bonds. The number of nitrogens with one attached hydrogen (secondary N) is 1. The van der Waals surface area contributed by atoms with E-state index in [4.69, 9.17) is 5.73 Å². The van der Waals surface area contributed by atoms with E-state index in [0.29, 0.717) is 0 Å². The van der Waals surface area contributed by atoms with E-state index in [-0.39, 0.29) is 16.8 Å². The molecule has 0 unspecified atom stereocenters. The van der Waals surface area contributed by atoms with Gasteiger partial charge in [0.1, 0.15) is 11.4 Å². The maximum absolute atomic E-state index is 12.7. The van der Waals surface area contributed by atoms with E-state index in [1.165, 1.54) is 15.9 Å². The molecule has 2 aliphatic rings. The molecule has 2 aromatic rings. The maximum Gasteiger partial charge on any atom is 0.330 e. The van der Waals surface area contributed by atoms with Crippen molar-refractivity contribution in [3.05, 3.63) is 53.7 Å². The Morgan fingerprint density at radius 1 is 1.29 bits per heavy atom. The molecule has 0 bridgehead atoms. The van der Waals surface area contributed by atoms with Crippen molar-refractivity contribution in [2.24, 2.45) is 0 Å². The van der Waals surface area contributed by atoms with Crippen LogP contribution in [0.15, 0.2) is 32.0 Å². The number of nitrogens with zero attached hydrogens (tertiary/aromatic N) is 2. The molecule has 144 valence electrons. The number of carbonyl (C=O) groups is 3. The lowest BCUT2D eigenvalue weighted by Crippen LogP contribution is -2.40. The van der Waals surface area contributed by atoms with Crippen LogP contribution in [0, 0.1) is 0 Å². The van der Waals surface area contributed by atoms with Crippen LogP contribution >= 0.6 is 23.1 Å². The number of hydrogen-bond donors (Lipinski definition) is 2. The number of thiophene rings is 1. The number of imide groups is 1. The summed E-state index contributed by atoms with van der Waals surface area (Å²) in [4.78, 5) is 65.3. The predicted molar refractivity (Wildman–Crippen MR) is 105 cm³/mol. The van der Waals surface area contributed by atoms with Crippen LogP contribution in [0.5, 0.6) is 0 Å². The van der Waals surface area contributed by atoms with Gasteiger partial charge < -0.3 is 5.73 Å². The van der Waals surface area contributed by atoms with Gasteiger partial charge in [-0.15, -0.1) is 11.3 Å². The zero-order chi connectivity index (χ0) is 20.0. The van der Waals surface area contributed by atoms with E-state index in [0.717, 1.165) is 34.4 Å². The summed E-state index contributed by atoms with van der Waals surface area (Å²) >= 11 is 2.13. The normalized spacial score (nSPS) is 18.3. The van der Waals surface area contributed by atoms with Gasteiger partial charge in [0, 0.05) is 10.9 Å². The molecular formula is C17H14N4O5S2. The number of rotatable bonds is 5. The first-order chi connectivity index (χ1) is 13.4. The highest BCUT2D eigenvalue weighted by Crippen LogP contribution is 2.36. The number of nitrogen functional groups attached to an aromatic ring is 1. The summed E-state index contributed by atoms with van der Waals surface area (Å²) in [6.45, 7) is -0.622. The highest BCUT2D eigenvalue weighted by Gasteiger charge is 2.38. The number of amides is 2. The van der Waals surface area contributed by atoms with Crippen LogP contribution < -0.4 is 17.0 Å². The number of hydrogen-bond acceptors (Lipinski definition) is 8. The van der Waals surface area contributed by atoms with Crippen LogP contribution in [-0.2, 0) is 4.79 Å². The zero-order valence-corrected chi connectivity index (χ0v) is 16.0. The van der Waals surface area contributed by atoms with Gasteiger partial charge in [-0.05, 0) is 42.1 Å². The monoisotopic (exact) mass is 418 g/mol. The van der Waals surface area contributed by atoms with Gasteiger partial charge in [-0.2, -0.15) is 0 Å². The number of H-pyrrole nitrogens is 1. The van der Waals surface area contributed by atoms with E-state index in [1.807, 2.05) is 11.4 Å². The molecule has 1 saturated heterocycles. The van der Waals surface area contributed by atoms with Gasteiger partial charge in [-0.3, -0.25) is 33.6 Å². The minimum Gasteiger partial charge on any atom is -0.384 e. The smallest absolute Gasteiger partial charge is 0.330 e. The van der Waals surface area contributed by atoms with E-state index in [9.17, 15) is 24.0 Å². The van der Waals surface area contributed by atoms with Crippen LogP contribution in [0.2, 0.25) is 0 Å². The number of aromatic amines is 1. The summed E-state index contributed by atoms with van der Waals surface area (Å²) in [6.07, 6.45) is 3.02. The number of aromatic nitrogens is 2. The van der Waals surface area contributed by atoms with E-state index in [2.05, 4.69) is 4.98 Å². The Labute approximate surface area is 165 Å². The standard InChI is InChI=1S/C17H14N4O5S2/c18-13-12(14(23)19-16(25)21(13)8-3-4-8)10(22)7-20-15(24)11(28-17(20)26)6-9-2-1-5-27-9/h1-2,5-6,8H,3-4,7,18H2,(H,19,23,25)/b11-6-. The first kappa shape index (κ1) is 18.4. The minimum absolute atomic E-state index is 0.151. The molecule has 4 rings (SSSR count). The Hall–Kier alpha value is -2.92. The van der Waals surface area contributed by atoms with Crippen molar-refractivity contribution in [3.8, 4) is 0 Å². The Balaban J connectivity index is 1.62. The highest BCUT2D eigenvalue weighted by molar-refractivity contribution is 8.18. The van der Waals surface area contributed by atoms with Gasteiger partial charge in [-0.25, -0.2) is 4.79 Å². The van der Waals surface area contributed by atoms with E-state index in [1.54, 1.807) is 12.1 Å². The summed E-state index contributed by atoms with van der Waals surface area (Å²) in [7, 11) is 0. The summed E-state index contributed by atoms with van der Waals surface area (Å²) in [6, 6.07) is 3.46. The molecule has 1 aliphatic heterocycles. The lowest BCUT2D eigenvalue weighted by Gasteiger charge is -2.14. The molecule has 3 heterocycles. The first-order valence-electron chi connectivity index (χ1n) is 8.33. The Morgan fingerprint density at radius 2 is 2.04 bits per heavy atom. The second-order valence-corrected chi connectivity index (χ2v) is 8.30. The Bertz CT molecular complexity index is 1140. The molecule has 2 aromatic heterocycles. The van der Waals surface area contributed by atoms with Gasteiger partial charge in [0.15, 0.2) is 5.78 Å². The Kier molecular flexibility index (Phi) is 4.55. The summed E-state index contributed by atoms with van der Waals surface area (Å²) in [5.74, 6) is -1.64. The average molecular weight is 418 g/mol. The predicted octanol–water partition coefficient (Wildman–Crippen LogP) is 1.43. The number of ketones is 1. The van der Waals surface area contributed by atoms with Crippen molar-refractivity contribution >= 4 is 51.9 Å². The molecule has 3 N–H and O–H groups in total. The maximum atomic E-state index is 12.7. The molecule has 0 aromatic carbocycles. The number of nitrogens with two attached hydrogens (primary N) is 1. The largest absolute Gasteiger partial charge is 0.384 e. The van der Waals surface area contributed by atoms with Crippen LogP contribution in [0.25, 0.3) is 6.08 Å². The van der Waals surface area contributed by atoms with Gasteiger partial charge in [-0.1, -0.05) is 6.07 Å². The number of thioether (sulfide) groups is 1. The Morgan fingerprint density at radius 3 is 2.68 bits per heavy atom. The second kappa shape index (κ2) is 6.91. The summed E-state index contributed by atoms with van der Waals surface area (Å²) < 4.78 is 1.18. The highest BCUT2D eigenvalue weighted by atomic mass is 32.2. The molecule has 28 heavy (non-hydrogen) atoms. The molecule has 11 heteroatoms. The lowest BCUT2D eigenvalue weighted by atomic mass is 10.2. The topological polar surface area (TPSA) is 135 Å². The van der Waals surface area contributed by atoms with Crippen molar-refractivity contribution in [2.75, 3.05) is 12.3 Å². The van der Waals surface area contributed by atoms with Crippen LogP contribution in [0.3, 0.4) is 0 Å². The van der Waals surface area contributed by atoms with Gasteiger partial charge in [0.05, 0.1) is 11.4 Å². The minimum atomic E-state index is -0.925. The van der Waals surface area contributed by atoms with Gasteiger partial charge >= 0.3 is 5.69 Å². The molecule has 0 atom stereocenters. The molecule has 1 saturated carbocycles. The van der Waals surface area contributed by atoms with Gasteiger partial charge in [0.2, 0.25) is 0 Å². The SMILES string of the molecule is Nc1c(C(=O)CN2C(=O)S/C(=C\c3cccs3)C2=O)c(=O)[nH]c(=O)n1C1CC1. The lowest BCUT2D eigenvalue weighted by molar-refractivity contribution is -0.122. The third-order valence-corrected chi connectivity index (χ3v) is 6.09. The van der Waals surface area contributed by atoms with Crippen LogP contribution in [-0.4, -0.2) is 37.9 Å². The third kappa shape index (κ3) is 3.22. The third-order valence-electron chi connectivity index (χ3n) is 4.36. The number of anilines is 1. The quantitative estimate of drug-likeness (QED) is 0.554. The number of Topliss-reactive ketones (excluding diaryl/α,β-unsaturated/α-hetero) is 1. The fourth-order valence-corrected chi connectivity index (χ4v) is 4.45. The molecule has 1 aliphatic carbocycles. The molecule has 2 fully saturated rings. The fraction of sp³-hybridized carbons (Fsp3) is 0.235. The molecule has 9 nitrogen and oxygen atoms in total. The molecule has 0 radical (unpaired) electrons. The van der Waals surface area contributed by atoms with Crippen molar-refractivity contribution in [3.63, 3.8) is 0 Å². The molecule has 0 spiro atoms. The van der Waals surface area contributed by atoms with Crippen LogP contribution in [0.1, 0.15) is 34.1 Å². The first-order valence-corrected chi connectivity index (χ1v) is 10.0. The zero-order valence-electron chi connectivity index (χ0n) is 14.3.